The van der Waals surface area contributed by atoms with Gasteiger partial charge in [0.1, 0.15) is 11.1 Å². The van der Waals surface area contributed by atoms with E-state index in [2.05, 4.69) is 0 Å². The molecule has 4 nitrogen and oxygen atoms in total. The molecule has 0 aliphatic heterocycles. The van der Waals surface area contributed by atoms with Crippen molar-refractivity contribution >= 4 is 17.3 Å². The zero-order valence-electron chi connectivity index (χ0n) is 7.23. The maximum absolute atomic E-state index is 12.1. The molecule has 1 rings (SSSR count). The lowest BCUT2D eigenvalue weighted by Crippen LogP contribution is -2.08. The average molecular weight is 238 g/mol. The highest BCUT2D eigenvalue weighted by Crippen LogP contribution is 2.29. The lowest BCUT2D eigenvalue weighted by atomic mass is 10.1. The Morgan fingerprint density at radius 1 is 1.47 bits per heavy atom. The van der Waals surface area contributed by atoms with E-state index in [1.54, 1.807) is 0 Å². The predicted octanol–water partition coefficient (Wildman–Crippen LogP) is 2.55. The number of aliphatic hydroxyl groups excluding tert-OH is 1. The topological polar surface area (TPSA) is 63.4 Å². The second-order valence-electron chi connectivity index (χ2n) is 2.75. The van der Waals surface area contributed by atoms with Gasteiger partial charge in [0.15, 0.2) is 0 Å². The minimum Gasteiger partial charge on any atom is -0.382 e. The number of aliphatic hydroxyl groups is 1. The average Bonchev–Trinajstić information content (AvgIpc) is 2.16. The standard InChI is InChI=1S/C8H6ClF2NO3/c9-5-2-1-4(7(13)8(10)11)3-6(5)12(14)15/h1-3,7-8,13H. The first kappa shape index (κ1) is 11.8. The number of nitro groups is 1. The summed E-state index contributed by atoms with van der Waals surface area (Å²) >= 11 is 5.46. The first-order valence-electron chi connectivity index (χ1n) is 3.83. The van der Waals surface area contributed by atoms with Gasteiger partial charge in [0.25, 0.3) is 12.1 Å². The Kier molecular flexibility index (Phi) is 3.54. The molecule has 1 aromatic carbocycles. The molecule has 0 heterocycles. The third-order valence-electron chi connectivity index (χ3n) is 1.75. The van der Waals surface area contributed by atoms with Crippen LogP contribution in [0.1, 0.15) is 11.7 Å². The molecule has 0 fully saturated rings. The summed E-state index contributed by atoms with van der Waals surface area (Å²) in [6.45, 7) is 0. The number of rotatable bonds is 3. The number of nitrogens with zero attached hydrogens (tertiary/aromatic N) is 1. The molecule has 0 spiro atoms. The van der Waals surface area contributed by atoms with Crippen LogP contribution in [-0.4, -0.2) is 16.5 Å². The van der Waals surface area contributed by atoms with Crippen LogP contribution in [0.4, 0.5) is 14.5 Å². The van der Waals surface area contributed by atoms with Crippen molar-refractivity contribution in [1.29, 1.82) is 0 Å². The SMILES string of the molecule is O=[N+]([O-])c1cc(C(O)C(F)F)ccc1Cl. The van der Waals surface area contributed by atoms with Crippen molar-refractivity contribution in [2.24, 2.45) is 0 Å². The zero-order chi connectivity index (χ0) is 11.6. The number of benzene rings is 1. The van der Waals surface area contributed by atoms with Crippen LogP contribution in [0.3, 0.4) is 0 Å². The summed E-state index contributed by atoms with van der Waals surface area (Å²) in [6, 6.07) is 3.05. The first-order chi connectivity index (χ1) is 6.93. The van der Waals surface area contributed by atoms with Crippen LogP contribution in [0.2, 0.25) is 5.02 Å². The Morgan fingerprint density at radius 2 is 2.07 bits per heavy atom. The molecular weight excluding hydrogens is 232 g/mol. The summed E-state index contributed by atoms with van der Waals surface area (Å²) in [5.74, 6) is 0. The molecule has 0 aliphatic rings. The second kappa shape index (κ2) is 4.50. The predicted molar refractivity (Wildman–Crippen MR) is 49.1 cm³/mol. The van der Waals surface area contributed by atoms with Crippen LogP contribution in [0.15, 0.2) is 18.2 Å². The Morgan fingerprint density at radius 3 is 2.53 bits per heavy atom. The van der Waals surface area contributed by atoms with Crippen LogP contribution >= 0.6 is 11.6 Å². The zero-order valence-corrected chi connectivity index (χ0v) is 7.99. The van der Waals surface area contributed by atoms with Gasteiger partial charge in [-0.3, -0.25) is 10.1 Å². The van der Waals surface area contributed by atoms with Gasteiger partial charge in [-0.05, 0) is 11.6 Å². The van der Waals surface area contributed by atoms with Crippen molar-refractivity contribution in [3.05, 3.63) is 38.9 Å². The van der Waals surface area contributed by atoms with Gasteiger partial charge in [0.05, 0.1) is 4.92 Å². The monoisotopic (exact) mass is 237 g/mol. The molecule has 0 bridgehead atoms. The van der Waals surface area contributed by atoms with Crippen molar-refractivity contribution in [2.75, 3.05) is 0 Å². The first-order valence-corrected chi connectivity index (χ1v) is 4.21. The lowest BCUT2D eigenvalue weighted by molar-refractivity contribution is -0.384. The van der Waals surface area contributed by atoms with E-state index in [1.807, 2.05) is 0 Å². The van der Waals surface area contributed by atoms with Crippen LogP contribution < -0.4 is 0 Å². The molecule has 0 saturated heterocycles. The molecule has 1 unspecified atom stereocenters. The van der Waals surface area contributed by atoms with Crippen LogP contribution in [0.5, 0.6) is 0 Å². The van der Waals surface area contributed by atoms with Crippen molar-refractivity contribution in [2.45, 2.75) is 12.5 Å². The fourth-order valence-corrected chi connectivity index (χ4v) is 1.19. The lowest BCUT2D eigenvalue weighted by Gasteiger charge is -2.09. The molecule has 0 amide bonds. The maximum atomic E-state index is 12.1. The van der Waals surface area contributed by atoms with Gasteiger partial charge in [-0.2, -0.15) is 0 Å². The van der Waals surface area contributed by atoms with Crippen molar-refractivity contribution < 1.29 is 18.8 Å². The fraction of sp³-hybridized carbons (Fsp3) is 0.250. The van der Waals surface area contributed by atoms with Crippen LogP contribution in [-0.2, 0) is 0 Å². The summed E-state index contributed by atoms with van der Waals surface area (Å²) in [5.41, 5.74) is -0.741. The molecule has 1 atom stereocenters. The normalized spacial score (nSPS) is 12.9. The highest BCUT2D eigenvalue weighted by molar-refractivity contribution is 6.32. The largest absolute Gasteiger partial charge is 0.382 e. The second-order valence-corrected chi connectivity index (χ2v) is 3.15. The van der Waals surface area contributed by atoms with Gasteiger partial charge in [-0.25, -0.2) is 8.78 Å². The summed E-state index contributed by atoms with van der Waals surface area (Å²) in [5, 5.41) is 19.2. The number of nitro benzene ring substituents is 1. The highest BCUT2D eigenvalue weighted by atomic mass is 35.5. The van der Waals surface area contributed by atoms with E-state index >= 15 is 0 Å². The summed E-state index contributed by atoms with van der Waals surface area (Å²) in [7, 11) is 0. The molecule has 0 radical (unpaired) electrons. The Labute approximate surface area is 88.2 Å². The van der Waals surface area contributed by atoms with Crippen LogP contribution in [0, 0.1) is 10.1 Å². The van der Waals surface area contributed by atoms with Gasteiger partial charge < -0.3 is 5.11 Å². The summed E-state index contributed by atoms with van der Waals surface area (Å²) < 4.78 is 24.2. The van der Waals surface area contributed by atoms with Crippen LogP contribution in [0.25, 0.3) is 0 Å². The highest BCUT2D eigenvalue weighted by Gasteiger charge is 2.22. The molecule has 82 valence electrons. The molecule has 15 heavy (non-hydrogen) atoms. The summed E-state index contributed by atoms with van der Waals surface area (Å²) in [4.78, 5) is 9.62. The van der Waals surface area contributed by atoms with Gasteiger partial charge in [-0.1, -0.05) is 17.7 Å². The van der Waals surface area contributed by atoms with Crippen molar-refractivity contribution in [3.8, 4) is 0 Å². The Hall–Kier alpha value is -1.27. The molecule has 1 aromatic rings. The number of hydrogen-bond donors (Lipinski definition) is 1. The number of alkyl halides is 2. The fourth-order valence-electron chi connectivity index (χ4n) is 0.999. The molecule has 0 saturated carbocycles. The molecular formula is C8H6ClF2NO3. The number of halogens is 3. The minimum absolute atomic E-state index is 0.162. The van der Waals surface area contributed by atoms with E-state index in [-0.39, 0.29) is 10.6 Å². The molecule has 7 heteroatoms. The Bertz CT molecular complexity index is 386. The molecule has 0 aromatic heterocycles. The van der Waals surface area contributed by atoms with Gasteiger partial charge in [0, 0.05) is 6.07 Å². The van der Waals surface area contributed by atoms with Gasteiger partial charge >= 0.3 is 0 Å². The van der Waals surface area contributed by atoms with E-state index in [9.17, 15) is 18.9 Å². The number of hydrogen-bond acceptors (Lipinski definition) is 3. The van der Waals surface area contributed by atoms with E-state index in [4.69, 9.17) is 16.7 Å². The molecule has 1 N–H and O–H groups in total. The van der Waals surface area contributed by atoms with E-state index < -0.39 is 23.1 Å². The van der Waals surface area contributed by atoms with E-state index in [0.29, 0.717) is 0 Å². The van der Waals surface area contributed by atoms with Crippen molar-refractivity contribution in [1.82, 2.24) is 0 Å². The third-order valence-corrected chi connectivity index (χ3v) is 2.07. The van der Waals surface area contributed by atoms with Gasteiger partial charge in [-0.15, -0.1) is 0 Å². The smallest absolute Gasteiger partial charge is 0.288 e. The quantitative estimate of drug-likeness (QED) is 0.649. The van der Waals surface area contributed by atoms with E-state index in [0.717, 1.165) is 18.2 Å². The Balaban J connectivity index is 3.13. The minimum atomic E-state index is -2.99. The third kappa shape index (κ3) is 2.60. The summed E-state index contributed by atoms with van der Waals surface area (Å²) in [6.07, 6.45) is -5.04. The van der Waals surface area contributed by atoms with Gasteiger partial charge in [0.2, 0.25) is 0 Å². The molecule has 0 aliphatic carbocycles. The van der Waals surface area contributed by atoms with Crippen molar-refractivity contribution in [3.63, 3.8) is 0 Å². The maximum Gasteiger partial charge on any atom is 0.288 e. The van der Waals surface area contributed by atoms with E-state index in [1.165, 1.54) is 0 Å².